The first-order valence-corrected chi connectivity index (χ1v) is 12.8. The Kier molecular flexibility index (Phi) is 8.76. The van der Waals surface area contributed by atoms with Crippen molar-refractivity contribution < 1.29 is 38.1 Å². The van der Waals surface area contributed by atoms with E-state index >= 15 is 0 Å². The molecule has 1 aliphatic heterocycles. The van der Waals surface area contributed by atoms with Gasteiger partial charge in [-0.05, 0) is 39.0 Å². The first-order valence-electron chi connectivity index (χ1n) is 11.2. The third-order valence-electron chi connectivity index (χ3n) is 5.25. The monoisotopic (exact) mass is 536 g/mol. The predicted octanol–water partition coefficient (Wildman–Crippen LogP) is 0.581. The highest BCUT2D eigenvalue weighted by Gasteiger charge is 2.56. The number of nitrogens with one attached hydrogen (secondary N) is 1. The van der Waals surface area contributed by atoms with E-state index in [1.54, 1.807) is 32.0 Å². The maximum atomic E-state index is 13.6. The molecule has 1 fully saturated rings. The van der Waals surface area contributed by atoms with Crippen molar-refractivity contribution in [3.8, 4) is 18.1 Å². The van der Waals surface area contributed by atoms with E-state index in [-0.39, 0.29) is 11.6 Å². The Morgan fingerprint density at radius 3 is 2.62 bits per heavy atom. The minimum atomic E-state index is -4.30. The Balaban J connectivity index is 1.83. The molecule has 2 heterocycles. The van der Waals surface area contributed by atoms with Gasteiger partial charge in [0.05, 0.1) is 12.7 Å². The minimum Gasteiger partial charge on any atom is -0.462 e. The third-order valence-corrected chi connectivity index (χ3v) is 6.90. The van der Waals surface area contributed by atoms with Crippen LogP contribution in [-0.4, -0.2) is 62.3 Å². The highest BCUT2D eigenvalue weighted by molar-refractivity contribution is 7.52. The molecule has 37 heavy (non-hydrogen) atoms. The average molecular weight is 536 g/mol. The summed E-state index contributed by atoms with van der Waals surface area (Å²) in [5.74, 6) is 1.43. The number of hydrogen-bond donors (Lipinski definition) is 4. The Bertz CT molecular complexity index is 1250. The van der Waals surface area contributed by atoms with Gasteiger partial charge in [0, 0.05) is 6.20 Å². The van der Waals surface area contributed by atoms with E-state index in [1.165, 1.54) is 31.3 Å². The van der Waals surface area contributed by atoms with E-state index in [4.69, 9.17) is 30.7 Å². The van der Waals surface area contributed by atoms with E-state index in [0.29, 0.717) is 0 Å². The van der Waals surface area contributed by atoms with E-state index in [2.05, 4.69) is 10.1 Å². The van der Waals surface area contributed by atoms with Crippen molar-refractivity contribution in [3.63, 3.8) is 0 Å². The number of esters is 1. The smallest absolute Gasteiger partial charge is 0.459 e. The fourth-order valence-electron chi connectivity index (χ4n) is 3.45. The number of aliphatic hydroxyl groups excluding tert-OH is 1. The Hall–Kier alpha value is -3.24. The number of nitrogen functional groups attached to an aromatic ring is 1. The number of aliphatic hydroxyl groups is 2. The van der Waals surface area contributed by atoms with Gasteiger partial charge in [-0.25, -0.2) is 9.36 Å². The van der Waals surface area contributed by atoms with Crippen molar-refractivity contribution in [1.82, 2.24) is 14.6 Å². The molecular formula is C23H29N4O9P. The van der Waals surface area contributed by atoms with E-state index in [1.807, 2.05) is 5.92 Å². The van der Waals surface area contributed by atoms with Crippen LogP contribution >= 0.6 is 7.75 Å². The van der Waals surface area contributed by atoms with Gasteiger partial charge in [-0.1, -0.05) is 24.1 Å². The number of aromatic nitrogens is 2. The van der Waals surface area contributed by atoms with Crippen LogP contribution in [0.2, 0.25) is 0 Å². The van der Waals surface area contributed by atoms with Crippen LogP contribution in [0.5, 0.6) is 5.75 Å². The number of rotatable bonds is 10. The van der Waals surface area contributed by atoms with Crippen molar-refractivity contribution in [2.45, 2.75) is 57.0 Å². The fraction of sp³-hybridized carbons (Fsp3) is 0.435. The van der Waals surface area contributed by atoms with Gasteiger partial charge in [0.25, 0.3) is 0 Å². The van der Waals surface area contributed by atoms with E-state index in [9.17, 15) is 24.4 Å². The first-order chi connectivity index (χ1) is 17.4. The summed E-state index contributed by atoms with van der Waals surface area (Å²) in [6.07, 6.45) is 1.53. The number of terminal acetylenes is 1. The average Bonchev–Trinajstić information content (AvgIpc) is 3.08. The summed E-state index contributed by atoms with van der Waals surface area (Å²) in [5.41, 5.74) is 2.25. The number of carbonyl (C=O) groups is 1. The van der Waals surface area contributed by atoms with Crippen molar-refractivity contribution in [2.24, 2.45) is 0 Å². The summed E-state index contributed by atoms with van der Waals surface area (Å²) < 4.78 is 36.3. The number of nitrogens with two attached hydrogens (primary N) is 1. The second-order valence-electron chi connectivity index (χ2n) is 8.52. The maximum absolute atomic E-state index is 13.6. The number of anilines is 1. The molecule has 6 atom stereocenters. The molecule has 14 heteroatoms. The molecule has 0 amide bonds. The van der Waals surface area contributed by atoms with Gasteiger partial charge in [0.1, 0.15) is 29.8 Å². The molecule has 1 aromatic heterocycles. The summed E-state index contributed by atoms with van der Waals surface area (Å²) in [4.78, 5) is 28.2. The molecule has 0 aliphatic carbocycles. The van der Waals surface area contributed by atoms with Crippen LogP contribution in [0.3, 0.4) is 0 Å². The highest BCUT2D eigenvalue weighted by atomic mass is 31.2. The minimum absolute atomic E-state index is 0.0703. The molecule has 0 bridgehead atoms. The van der Waals surface area contributed by atoms with Gasteiger partial charge in [0.15, 0.2) is 11.8 Å². The largest absolute Gasteiger partial charge is 0.462 e. The molecular weight excluding hydrogens is 507 g/mol. The molecule has 3 rings (SSSR count). The second kappa shape index (κ2) is 11.4. The van der Waals surface area contributed by atoms with Crippen LogP contribution in [-0.2, 0) is 23.4 Å². The number of carbonyl (C=O) groups excluding carboxylic acids is 1. The van der Waals surface area contributed by atoms with Crippen LogP contribution in [0.25, 0.3) is 0 Å². The molecule has 0 spiro atoms. The fourth-order valence-corrected chi connectivity index (χ4v) is 4.95. The van der Waals surface area contributed by atoms with Gasteiger partial charge in [0.2, 0.25) is 0 Å². The molecule has 1 aromatic carbocycles. The van der Waals surface area contributed by atoms with Crippen molar-refractivity contribution >= 4 is 19.5 Å². The molecule has 0 radical (unpaired) electrons. The highest BCUT2D eigenvalue weighted by Crippen LogP contribution is 2.46. The van der Waals surface area contributed by atoms with E-state index < -0.39 is 62.2 Å². The molecule has 13 nitrogen and oxygen atoms in total. The zero-order chi connectivity index (χ0) is 27.4. The van der Waals surface area contributed by atoms with Gasteiger partial charge in [-0.3, -0.25) is 13.9 Å². The Morgan fingerprint density at radius 1 is 1.35 bits per heavy atom. The zero-order valence-electron chi connectivity index (χ0n) is 20.4. The molecule has 1 saturated heterocycles. The van der Waals surface area contributed by atoms with Crippen LogP contribution in [0, 0.1) is 12.3 Å². The Morgan fingerprint density at radius 2 is 2.03 bits per heavy atom. The molecule has 200 valence electrons. The standard InChI is InChI=1S/C23H29N4O9P/c1-5-23(31)19(28)17(35-21(23)27-12-11-18(24)25-22(27)30)13-33-37(32,36-16-9-7-6-8-10-16)26-15(4)20(29)34-14(2)3/h1,6-12,14-15,17,19,21,28,31H,13H2,2-4H3,(H,26,32)(H2,24,25,30)/t15-,17?,19+,21+,23+,37?/m0/s1. The number of ether oxygens (including phenoxy) is 2. The zero-order valence-corrected chi connectivity index (χ0v) is 21.3. The second-order valence-corrected chi connectivity index (χ2v) is 10.2. The lowest BCUT2D eigenvalue weighted by atomic mass is 9.95. The molecule has 5 N–H and O–H groups in total. The van der Waals surface area contributed by atoms with E-state index in [0.717, 1.165) is 4.57 Å². The summed E-state index contributed by atoms with van der Waals surface area (Å²) in [6, 6.07) is 8.19. The van der Waals surface area contributed by atoms with Crippen LogP contribution in [0.4, 0.5) is 5.82 Å². The SMILES string of the molecule is C#C[C@@]1(O)[C@H](O)C(COP(=O)(N[C@@H](C)C(=O)OC(C)C)Oc2ccccc2)O[C@H]1n1ccc(N)nc1=O. The number of benzene rings is 1. The summed E-state index contributed by atoms with van der Waals surface area (Å²) in [6.45, 7) is 4.10. The summed E-state index contributed by atoms with van der Waals surface area (Å²) in [5, 5.41) is 24.2. The number of hydrogen-bond acceptors (Lipinski definition) is 11. The molecule has 0 saturated carbocycles. The maximum Gasteiger partial charge on any atom is 0.459 e. The number of nitrogens with zero attached hydrogens (tertiary/aromatic N) is 2. The lowest BCUT2D eigenvalue weighted by molar-refractivity contribution is -0.149. The lowest BCUT2D eigenvalue weighted by Gasteiger charge is -2.26. The third kappa shape index (κ3) is 6.56. The molecule has 1 aliphatic rings. The lowest BCUT2D eigenvalue weighted by Crippen LogP contribution is -2.47. The van der Waals surface area contributed by atoms with Crippen molar-refractivity contribution in [2.75, 3.05) is 12.3 Å². The Labute approximate surface area is 213 Å². The van der Waals surface area contributed by atoms with Crippen LogP contribution in [0.15, 0.2) is 47.4 Å². The topological polar surface area (TPSA) is 184 Å². The first kappa shape index (κ1) is 28.3. The van der Waals surface area contributed by atoms with Crippen LogP contribution in [0.1, 0.15) is 27.0 Å². The van der Waals surface area contributed by atoms with Gasteiger partial charge >= 0.3 is 19.4 Å². The van der Waals surface area contributed by atoms with Gasteiger partial charge in [-0.2, -0.15) is 10.1 Å². The quantitative estimate of drug-likeness (QED) is 0.188. The summed E-state index contributed by atoms with van der Waals surface area (Å²) >= 11 is 0. The van der Waals surface area contributed by atoms with Crippen molar-refractivity contribution in [1.29, 1.82) is 0 Å². The summed E-state index contributed by atoms with van der Waals surface area (Å²) in [7, 11) is -4.30. The van der Waals surface area contributed by atoms with Gasteiger partial charge in [-0.15, -0.1) is 6.42 Å². The predicted molar refractivity (Wildman–Crippen MR) is 131 cm³/mol. The number of para-hydroxylation sites is 1. The normalized spacial score (nSPS) is 25.7. The molecule has 2 unspecified atom stereocenters. The van der Waals surface area contributed by atoms with Crippen LogP contribution < -0.4 is 21.0 Å². The van der Waals surface area contributed by atoms with Gasteiger partial charge < -0.3 is 29.9 Å². The van der Waals surface area contributed by atoms with Crippen molar-refractivity contribution in [3.05, 3.63) is 53.1 Å². The molecule has 2 aromatic rings.